The Hall–Kier alpha value is -1.58. The fourth-order valence-corrected chi connectivity index (χ4v) is 2.14. The van der Waals surface area contributed by atoms with Crippen LogP contribution in [0.2, 0.25) is 0 Å². The Kier molecular flexibility index (Phi) is 5.19. The van der Waals surface area contributed by atoms with E-state index in [1.807, 2.05) is 36.4 Å². The normalized spacial score (nSPS) is 10.8. The van der Waals surface area contributed by atoms with Crippen LogP contribution < -0.4 is 4.74 Å². The highest BCUT2D eigenvalue weighted by atomic mass is 16.5. The first-order valence-electron chi connectivity index (χ1n) is 6.60. The summed E-state index contributed by atoms with van der Waals surface area (Å²) in [5.74, 6) is 0.776. The largest absolute Gasteiger partial charge is 0.493 e. The van der Waals surface area contributed by atoms with Gasteiger partial charge >= 0.3 is 0 Å². The molecule has 0 heterocycles. The zero-order valence-electron chi connectivity index (χ0n) is 11.3. The van der Waals surface area contributed by atoms with E-state index in [-0.39, 0.29) is 6.61 Å². The van der Waals surface area contributed by atoms with Gasteiger partial charge in [-0.05, 0) is 29.7 Å². The molecule has 0 aromatic heterocycles. The topological polar surface area (TPSA) is 38.7 Å². The molecule has 0 spiro atoms. The van der Waals surface area contributed by atoms with Crippen LogP contribution in [-0.4, -0.2) is 25.4 Å². The first-order chi connectivity index (χ1) is 9.36. The van der Waals surface area contributed by atoms with Gasteiger partial charge in [-0.25, -0.2) is 0 Å². The summed E-state index contributed by atoms with van der Waals surface area (Å²) in [6.07, 6.45) is 1.93. The van der Waals surface area contributed by atoms with Gasteiger partial charge in [0.05, 0.1) is 13.2 Å². The van der Waals surface area contributed by atoms with Gasteiger partial charge in [-0.2, -0.15) is 0 Å². The lowest BCUT2D eigenvalue weighted by Gasteiger charge is -2.12. The number of fused-ring (bicyclic) bond motifs is 1. The van der Waals surface area contributed by atoms with Crippen LogP contribution in [0.5, 0.6) is 5.75 Å². The molecule has 0 amide bonds. The van der Waals surface area contributed by atoms with Crippen molar-refractivity contribution < 1.29 is 14.6 Å². The number of rotatable bonds is 7. The van der Waals surface area contributed by atoms with Crippen molar-refractivity contribution in [2.75, 3.05) is 20.3 Å². The molecule has 0 bridgehead atoms. The predicted molar refractivity (Wildman–Crippen MR) is 76.5 cm³/mol. The molecule has 0 radical (unpaired) electrons. The van der Waals surface area contributed by atoms with Crippen LogP contribution in [-0.2, 0) is 11.3 Å². The molecule has 0 atom stereocenters. The van der Waals surface area contributed by atoms with E-state index in [1.54, 1.807) is 7.11 Å². The van der Waals surface area contributed by atoms with Gasteiger partial charge in [-0.3, -0.25) is 0 Å². The minimum absolute atomic E-state index is 0.00520. The standard InChI is InChI=1S/C16H20O3/c1-18-10-4-5-11-19-16-9-8-13-6-2-3-7-14(13)15(16)12-17/h2-3,6-9,17H,4-5,10-12H2,1H3. The van der Waals surface area contributed by atoms with E-state index in [4.69, 9.17) is 9.47 Å². The van der Waals surface area contributed by atoms with Gasteiger partial charge in [-0.1, -0.05) is 30.3 Å². The van der Waals surface area contributed by atoms with E-state index < -0.39 is 0 Å². The van der Waals surface area contributed by atoms with Crippen LogP contribution in [0.3, 0.4) is 0 Å². The summed E-state index contributed by atoms with van der Waals surface area (Å²) in [4.78, 5) is 0. The minimum atomic E-state index is -0.00520. The number of unbranched alkanes of at least 4 members (excludes halogenated alkanes) is 1. The zero-order chi connectivity index (χ0) is 13.5. The Bertz CT molecular complexity index is 522. The third-order valence-electron chi connectivity index (χ3n) is 3.16. The molecule has 1 N–H and O–H groups in total. The lowest BCUT2D eigenvalue weighted by atomic mass is 10.0. The SMILES string of the molecule is COCCCCOc1ccc2ccccc2c1CO. The van der Waals surface area contributed by atoms with Crippen LogP contribution in [0, 0.1) is 0 Å². The van der Waals surface area contributed by atoms with Crippen LogP contribution in [0.1, 0.15) is 18.4 Å². The van der Waals surface area contributed by atoms with Crippen molar-refractivity contribution in [3.63, 3.8) is 0 Å². The first kappa shape index (κ1) is 13.8. The lowest BCUT2D eigenvalue weighted by Crippen LogP contribution is -2.02. The number of hydrogen-bond donors (Lipinski definition) is 1. The molecular formula is C16H20O3. The van der Waals surface area contributed by atoms with Gasteiger partial charge in [0, 0.05) is 19.3 Å². The summed E-state index contributed by atoms with van der Waals surface area (Å²) in [6.45, 7) is 1.40. The average Bonchev–Trinajstić information content (AvgIpc) is 2.46. The van der Waals surface area contributed by atoms with Crippen LogP contribution in [0.25, 0.3) is 10.8 Å². The van der Waals surface area contributed by atoms with E-state index >= 15 is 0 Å². The average molecular weight is 260 g/mol. The van der Waals surface area contributed by atoms with Crippen molar-refractivity contribution in [2.24, 2.45) is 0 Å². The van der Waals surface area contributed by atoms with Crippen molar-refractivity contribution in [1.82, 2.24) is 0 Å². The number of ether oxygens (including phenoxy) is 2. The van der Waals surface area contributed by atoms with E-state index in [1.165, 1.54) is 0 Å². The van der Waals surface area contributed by atoms with E-state index in [2.05, 4.69) is 0 Å². The molecule has 0 fully saturated rings. The zero-order valence-corrected chi connectivity index (χ0v) is 11.3. The van der Waals surface area contributed by atoms with Crippen molar-refractivity contribution in [2.45, 2.75) is 19.4 Å². The molecule has 0 aliphatic heterocycles. The van der Waals surface area contributed by atoms with Crippen molar-refractivity contribution >= 4 is 10.8 Å². The van der Waals surface area contributed by atoms with Gasteiger partial charge in [0.2, 0.25) is 0 Å². The molecule has 0 saturated carbocycles. The highest BCUT2D eigenvalue weighted by Crippen LogP contribution is 2.28. The van der Waals surface area contributed by atoms with Gasteiger partial charge in [0.1, 0.15) is 5.75 Å². The molecule has 19 heavy (non-hydrogen) atoms. The Balaban J connectivity index is 2.10. The second-order valence-corrected chi connectivity index (χ2v) is 4.47. The fraction of sp³-hybridized carbons (Fsp3) is 0.375. The molecule has 3 nitrogen and oxygen atoms in total. The molecule has 0 saturated heterocycles. The summed E-state index contributed by atoms with van der Waals surface area (Å²) in [7, 11) is 1.70. The fourth-order valence-electron chi connectivity index (χ4n) is 2.14. The summed E-state index contributed by atoms with van der Waals surface area (Å²) in [6, 6.07) is 12.0. The van der Waals surface area contributed by atoms with Crippen molar-refractivity contribution in [3.8, 4) is 5.75 Å². The summed E-state index contributed by atoms with van der Waals surface area (Å²) in [5.41, 5.74) is 0.866. The highest BCUT2D eigenvalue weighted by Gasteiger charge is 2.07. The van der Waals surface area contributed by atoms with Gasteiger partial charge in [0.25, 0.3) is 0 Å². The van der Waals surface area contributed by atoms with Gasteiger partial charge < -0.3 is 14.6 Å². The van der Waals surface area contributed by atoms with Crippen molar-refractivity contribution in [1.29, 1.82) is 0 Å². The van der Waals surface area contributed by atoms with Gasteiger partial charge in [0.15, 0.2) is 0 Å². The monoisotopic (exact) mass is 260 g/mol. The number of methoxy groups -OCH3 is 1. The molecule has 3 heteroatoms. The summed E-state index contributed by atoms with van der Waals surface area (Å²) >= 11 is 0. The minimum Gasteiger partial charge on any atom is -0.493 e. The van der Waals surface area contributed by atoms with Crippen LogP contribution in [0.4, 0.5) is 0 Å². The Labute approximate surface area is 113 Å². The molecule has 102 valence electrons. The lowest BCUT2D eigenvalue weighted by molar-refractivity contribution is 0.183. The molecule has 2 rings (SSSR count). The maximum absolute atomic E-state index is 9.56. The van der Waals surface area contributed by atoms with Crippen molar-refractivity contribution in [3.05, 3.63) is 42.0 Å². The second kappa shape index (κ2) is 7.12. The quantitative estimate of drug-likeness (QED) is 0.777. The summed E-state index contributed by atoms with van der Waals surface area (Å²) in [5, 5.41) is 11.7. The second-order valence-electron chi connectivity index (χ2n) is 4.47. The number of aliphatic hydroxyl groups excluding tert-OH is 1. The number of hydrogen-bond acceptors (Lipinski definition) is 3. The Morgan fingerprint density at radius 1 is 1.00 bits per heavy atom. The first-order valence-corrected chi connectivity index (χ1v) is 6.60. The maximum Gasteiger partial charge on any atom is 0.125 e. The van der Waals surface area contributed by atoms with E-state index in [0.29, 0.717) is 6.61 Å². The number of benzene rings is 2. The van der Waals surface area contributed by atoms with E-state index in [0.717, 1.165) is 41.5 Å². The molecule has 0 aliphatic carbocycles. The summed E-state index contributed by atoms with van der Waals surface area (Å²) < 4.78 is 10.8. The van der Waals surface area contributed by atoms with Crippen LogP contribution in [0.15, 0.2) is 36.4 Å². The molecule has 0 unspecified atom stereocenters. The van der Waals surface area contributed by atoms with Gasteiger partial charge in [-0.15, -0.1) is 0 Å². The van der Waals surface area contributed by atoms with Crippen LogP contribution >= 0.6 is 0 Å². The Morgan fingerprint density at radius 3 is 2.58 bits per heavy atom. The Morgan fingerprint density at radius 2 is 1.79 bits per heavy atom. The third kappa shape index (κ3) is 3.46. The molecule has 2 aromatic carbocycles. The number of aliphatic hydroxyl groups is 1. The molecule has 2 aromatic rings. The maximum atomic E-state index is 9.56. The third-order valence-corrected chi connectivity index (χ3v) is 3.16. The predicted octanol–water partition coefficient (Wildman–Crippen LogP) is 3.14. The molecule has 0 aliphatic rings. The smallest absolute Gasteiger partial charge is 0.125 e. The molecular weight excluding hydrogens is 240 g/mol. The van der Waals surface area contributed by atoms with E-state index in [9.17, 15) is 5.11 Å². The highest BCUT2D eigenvalue weighted by molar-refractivity contribution is 5.87.